The number of hydrogen-bond donors (Lipinski definition) is 1. The number of hydrogen-bond acceptors (Lipinski definition) is 4. The molecule has 0 aliphatic carbocycles. The fourth-order valence-electron chi connectivity index (χ4n) is 3.05. The maximum atomic E-state index is 14.4. The number of para-hydroxylation sites is 1. The lowest BCUT2D eigenvalue weighted by atomic mass is 9.89. The molecule has 8 heteroatoms. The maximum absolute atomic E-state index is 14.4. The van der Waals surface area contributed by atoms with Crippen molar-refractivity contribution < 1.29 is 22.6 Å². The fraction of sp³-hybridized carbons (Fsp3) is 0.316. The molecular weight excluding hydrogens is 381 g/mol. The van der Waals surface area contributed by atoms with Gasteiger partial charge in [0, 0.05) is 12.0 Å². The van der Waals surface area contributed by atoms with E-state index in [-0.39, 0.29) is 31.4 Å². The third kappa shape index (κ3) is 4.93. The molecule has 0 saturated heterocycles. The summed E-state index contributed by atoms with van der Waals surface area (Å²) in [6.45, 7) is -0.737. The van der Waals surface area contributed by atoms with Gasteiger partial charge in [-0.1, -0.05) is 30.3 Å². The molecule has 1 aliphatic heterocycles. The third-order valence-electron chi connectivity index (χ3n) is 4.22. The fourth-order valence-corrected chi connectivity index (χ4v) is 3.05. The van der Waals surface area contributed by atoms with Gasteiger partial charge in [-0.3, -0.25) is 4.99 Å². The van der Waals surface area contributed by atoms with Gasteiger partial charge < -0.3 is 15.2 Å². The van der Waals surface area contributed by atoms with E-state index >= 15 is 0 Å². The average Bonchev–Trinajstić information content (AvgIpc) is 2.57. The van der Waals surface area contributed by atoms with Crippen molar-refractivity contribution in [1.82, 2.24) is 0 Å². The molecule has 0 radical (unpaired) electrons. The number of rotatable bonds is 5. The van der Waals surface area contributed by atoms with Crippen molar-refractivity contribution in [2.24, 2.45) is 10.7 Å². The minimum Gasteiger partial charge on any atom is -0.435 e. The molecule has 0 saturated carbocycles. The number of halogens is 4. The van der Waals surface area contributed by atoms with Crippen LogP contribution in [0.2, 0.25) is 0 Å². The Bertz CT molecular complexity index is 832. The van der Waals surface area contributed by atoms with Gasteiger partial charge in [0.05, 0.1) is 6.61 Å². The van der Waals surface area contributed by atoms with E-state index in [0.717, 1.165) is 5.56 Å². The molecule has 2 aromatic carbocycles. The van der Waals surface area contributed by atoms with E-state index < -0.39 is 18.0 Å². The highest BCUT2D eigenvalue weighted by Gasteiger charge is 2.32. The lowest BCUT2D eigenvalue weighted by molar-refractivity contribution is -0.0503. The van der Waals surface area contributed by atoms with Crippen molar-refractivity contribution >= 4 is 18.2 Å². The first-order valence-electron chi connectivity index (χ1n) is 8.11. The first kappa shape index (κ1) is 21.1. The summed E-state index contributed by atoms with van der Waals surface area (Å²) < 4.78 is 49.5. The van der Waals surface area contributed by atoms with Crippen LogP contribution in [0.4, 0.5) is 13.2 Å². The summed E-state index contributed by atoms with van der Waals surface area (Å²) in [4.78, 5) is 4.36. The molecule has 1 aliphatic rings. The van der Waals surface area contributed by atoms with E-state index in [2.05, 4.69) is 9.73 Å². The minimum atomic E-state index is -2.91. The van der Waals surface area contributed by atoms with E-state index in [1.165, 1.54) is 12.1 Å². The number of alkyl halides is 2. The molecule has 27 heavy (non-hydrogen) atoms. The Labute approximate surface area is 161 Å². The van der Waals surface area contributed by atoms with Crippen molar-refractivity contribution in [3.8, 4) is 5.75 Å². The molecule has 1 heterocycles. The molecule has 0 bridgehead atoms. The van der Waals surface area contributed by atoms with Gasteiger partial charge >= 0.3 is 6.61 Å². The van der Waals surface area contributed by atoms with Crippen molar-refractivity contribution in [2.75, 3.05) is 13.2 Å². The predicted octanol–water partition coefficient (Wildman–Crippen LogP) is 4.04. The maximum Gasteiger partial charge on any atom is 0.387 e. The van der Waals surface area contributed by atoms with Crippen molar-refractivity contribution in [2.45, 2.75) is 25.5 Å². The third-order valence-corrected chi connectivity index (χ3v) is 4.22. The molecule has 2 N–H and O–H groups in total. The Hall–Kier alpha value is -2.25. The van der Waals surface area contributed by atoms with Crippen LogP contribution in [0.1, 0.15) is 23.6 Å². The zero-order valence-electron chi connectivity index (χ0n) is 14.6. The van der Waals surface area contributed by atoms with Gasteiger partial charge in [0.25, 0.3) is 0 Å². The van der Waals surface area contributed by atoms with Crippen molar-refractivity contribution in [3.63, 3.8) is 0 Å². The Kier molecular flexibility index (Phi) is 6.73. The molecule has 3 rings (SSSR count). The van der Waals surface area contributed by atoms with Crippen LogP contribution >= 0.6 is 12.4 Å². The highest BCUT2D eigenvalue weighted by Crippen LogP contribution is 2.32. The van der Waals surface area contributed by atoms with Crippen LogP contribution in [0, 0.1) is 5.82 Å². The van der Waals surface area contributed by atoms with Crippen LogP contribution in [0.15, 0.2) is 47.5 Å². The zero-order valence-corrected chi connectivity index (χ0v) is 15.4. The molecule has 0 aromatic heterocycles. The van der Waals surface area contributed by atoms with E-state index in [9.17, 15) is 13.2 Å². The molecule has 1 atom stereocenters. The lowest BCUT2D eigenvalue weighted by Crippen LogP contribution is -2.38. The number of benzene rings is 2. The number of amidine groups is 1. The largest absolute Gasteiger partial charge is 0.435 e. The van der Waals surface area contributed by atoms with Crippen LogP contribution in [0.3, 0.4) is 0 Å². The summed E-state index contributed by atoms with van der Waals surface area (Å²) in [6, 6.07) is 11.1. The molecule has 146 valence electrons. The van der Waals surface area contributed by atoms with Gasteiger partial charge in [0.15, 0.2) is 0 Å². The van der Waals surface area contributed by atoms with Gasteiger partial charge in [-0.05, 0) is 30.2 Å². The quantitative estimate of drug-likeness (QED) is 0.824. The zero-order chi connectivity index (χ0) is 18.7. The molecular formula is C19H20ClF3N2O2. The summed E-state index contributed by atoms with van der Waals surface area (Å²) >= 11 is 0. The monoisotopic (exact) mass is 400 g/mol. The lowest BCUT2D eigenvalue weighted by Gasteiger charge is -2.30. The average molecular weight is 401 g/mol. The van der Waals surface area contributed by atoms with Crippen LogP contribution in [-0.4, -0.2) is 25.7 Å². The first-order chi connectivity index (χ1) is 12.4. The van der Waals surface area contributed by atoms with E-state index in [0.29, 0.717) is 23.4 Å². The van der Waals surface area contributed by atoms with Crippen LogP contribution in [0.25, 0.3) is 0 Å². The molecule has 1 unspecified atom stereocenters. The highest BCUT2D eigenvalue weighted by atomic mass is 35.5. The topological polar surface area (TPSA) is 56.8 Å². The molecule has 0 amide bonds. The summed E-state index contributed by atoms with van der Waals surface area (Å²) in [6.07, 6.45) is 0.312. The molecule has 4 nitrogen and oxygen atoms in total. The smallest absolute Gasteiger partial charge is 0.387 e. The highest BCUT2D eigenvalue weighted by molar-refractivity contribution is 5.85. The van der Waals surface area contributed by atoms with Gasteiger partial charge in [0.1, 0.15) is 29.5 Å². The van der Waals surface area contributed by atoms with Crippen LogP contribution in [0.5, 0.6) is 5.75 Å². The SMILES string of the molecule is CC1(c2cc(Cc3ccccc3OC(F)F)ccc2F)COCC(N)=N1.Cl. The predicted molar refractivity (Wildman–Crippen MR) is 99.3 cm³/mol. The molecule has 2 aromatic rings. The van der Waals surface area contributed by atoms with Crippen molar-refractivity contribution in [3.05, 3.63) is 65.0 Å². The van der Waals surface area contributed by atoms with E-state index in [4.69, 9.17) is 10.5 Å². The molecule has 0 fully saturated rings. The number of aliphatic imine (C=N–C) groups is 1. The second-order valence-electron chi connectivity index (χ2n) is 6.35. The van der Waals surface area contributed by atoms with E-state index in [1.807, 2.05) is 0 Å². The van der Waals surface area contributed by atoms with Gasteiger partial charge in [0.2, 0.25) is 0 Å². The van der Waals surface area contributed by atoms with Gasteiger partial charge in [-0.2, -0.15) is 8.78 Å². The standard InChI is InChI=1S/C19H19F3N2O2.ClH/c1-19(11-25-10-17(23)24-19)14-9-12(6-7-15(14)20)8-13-4-2-3-5-16(13)26-18(21)22;/h2-7,9,18H,8,10-11H2,1H3,(H2,23,24);1H. The van der Waals surface area contributed by atoms with E-state index in [1.54, 1.807) is 37.3 Å². The Morgan fingerprint density at radius 2 is 2.00 bits per heavy atom. The summed E-state index contributed by atoms with van der Waals surface area (Å²) in [7, 11) is 0. The summed E-state index contributed by atoms with van der Waals surface area (Å²) in [5.41, 5.74) is 6.49. The van der Waals surface area contributed by atoms with Crippen LogP contribution in [-0.2, 0) is 16.7 Å². The molecule has 0 spiro atoms. The minimum absolute atomic E-state index is 0. The number of nitrogens with zero attached hydrogens (tertiary/aromatic N) is 1. The number of nitrogens with two attached hydrogens (primary N) is 1. The Morgan fingerprint density at radius 3 is 2.70 bits per heavy atom. The van der Waals surface area contributed by atoms with Gasteiger partial charge in [-0.15, -0.1) is 12.4 Å². The second kappa shape index (κ2) is 8.63. The Morgan fingerprint density at radius 1 is 1.26 bits per heavy atom. The van der Waals surface area contributed by atoms with Crippen molar-refractivity contribution in [1.29, 1.82) is 0 Å². The summed E-state index contributed by atoms with van der Waals surface area (Å²) in [5, 5.41) is 0. The number of ether oxygens (including phenoxy) is 2. The normalized spacial score (nSPS) is 19.4. The Balaban J connectivity index is 0.00000261. The van der Waals surface area contributed by atoms with Gasteiger partial charge in [-0.25, -0.2) is 4.39 Å². The first-order valence-corrected chi connectivity index (χ1v) is 8.11. The van der Waals surface area contributed by atoms with Crippen LogP contribution < -0.4 is 10.5 Å². The summed E-state index contributed by atoms with van der Waals surface area (Å²) in [5.74, 6) is -0.0162. The second-order valence-corrected chi connectivity index (χ2v) is 6.35.